The van der Waals surface area contributed by atoms with Crippen LogP contribution in [0.25, 0.3) is 16.8 Å². The van der Waals surface area contributed by atoms with Crippen molar-refractivity contribution in [3.63, 3.8) is 0 Å². The molecule has 6 rings (SSSR count). The van der Waals surface area contributed by atoms with Crippen LogP contribution in [-0.4, -0.2) is 26.8 Å². The molecular formula is C22H25N5O. The lowest BCUT2D eigenvalue weighted by Gasteiger charge is -2.20. The third kappa shape index (κ3) is 3.36. The van der Waals surface area contributed by atoms with Crippen LogP contribution in [0.1, 0.15) is 37.7 Å². The van der Waals surface area contributed by atoms with E-state index < -0.39 is 0 Å². The van der Waals surface area contributed by atoms with Crippen molar-refractivity contribution in [3.05, 3.63) is 54.4 Å². The molecule has 3 aliphatic rings. The second kappa shape index (κ2) is 7.28. The van der Waals surface area contributed by atoms with Crippen molar-refractivity contribution in [3.8, 4) is 22.7 Å². The van der Waals surface area contributed by atoms with Gasteiger partial charge in [-0.2, -0.15) is 10.1 Å². The molecule has 144 valence electrons. The first-order valence-corrected chi connectivity index (χ1v) is 10.0. The summed E-state index contributed by atoms with van der Waals surface area (Å²) in [5, 5.41) is 7.83. The molecule has 0 aliphatic carbocycles. The zero-order valence-corrected chi connectivity index (χ0v) is 15.8. The molecule has 0 radical (unpaired) electrons. The average molecular weight is 375 g/mol. The number of nitrogens with two attached hydrogens (primary N) is 1. The van der Waals surface area contributed by atoms with Gasteiger partial charge in [-0.05, 0) is 67.1 Å². The molecule has 3 aromatic rings. The van der Waals surface area contributed by atoms with Crippen molar-refractivity contribution in [1.82, 2.24) is 20.1 Å². The second-order valence-electron chi connectivity index (χ2n) is 7.74. The fraction of sp³-hybridized carbons (Fsp3) is 0.364. The van der Waals surface area contributed by atoms with Crippen molar-refractivity contribution >= 4 is 5.82 Å². The van der Waals surface area contributed by atoms with Crippen LogP contribution in [0.15, 0.2) is 48.8 Å². The van der Waals surface area contributed by atoms with Crippen molar-refractivity contribution < 1.29 is 4.74 Å². The van der Waals surface area contributed by atoms with E-state index in [1.54, 1.807) is 12.3 Å². The summed E-state index contributed by atoms with van der Waals surface area (Å²) in [4.78, 5) is 4.22. The molecule has 28 heavy (non-hydrogen) atoms. The Labute approximate surface area is 164 Å². The number of anilines is 1. The molecule has 3 aliphatic heterocycles. The SMILES string of the molecule is C1CC2CCC(C1)N2.Nc1ccc2c(n1)OCc1cc(-n3cccn3)ccc1-2. The lowest BCUT2D eigenvalue weighted by molar-refractivity contribution is 0.290. The molecular weight excluding hydrogens is 350 g/mol. The van der Waals surface area contributed by atoms with E-state index in [-0.39, 0.29) is 0 Å². The third-order valence-electron chi connectivity index (χ3n) is 5.83. The molecule has 2 unspecified atom stereocenters. The highest BCUT2D eigenvalue weighted by atomic mass is 16.5. The topological polar surface area (TPSA) is 78.0 Å². The summed E-state index contributed by atoms with van der Waals surface area (Å²) in [6.45, 7) is 0.494. The standard InChI is InChI=1S/C15H12N4O.C7H13N/c16-14-5-4-13-12-3-2-11(19-7-1-6-17-19)8-10(12)9-20-15(13)18-14;1-2-6-4-5-7(3-1)8-6/h1-8H,9H2,(H2,16,18);6-8H,1-5H2. The lowest BCUT2D eigenvalue weighted by atomic mass is 9.98. The first kappa shape index (κ1) is 17.3. The maximum Gasteiger partial charge on any atom is 0.223 e. The van der Waals surface area contributed by atoms with Gasteiger partial charge in [0.05, 0.1) is 5.69 Å². The Balaban J connectivity index is 0.000000177. The summed E-state index contributed by atoms with van der Waals surface area (Å²) in [5.41, 5.74) is 9.94. The van der Waals surface area contributed by atoms with Crippen LogP contribution >= 0.6 is 0 Å². The Morgan fingerprint density at radius 3 is 2.61 bits per heavy atom. The first-order chi connectivity index (χ1) is 13.8. The Morgan fingerprint density at radius 2 is 1.86 bits per heavy atom. The van der Waals surface area contributed by atoms with Gasteiger partial charge in [0.15, 0.2) is 0 Å². The summed E-state index contributed by atoms with van der Waals surface area (Å²) in [5.74, 6) is 1.07. The predicted molar refractivity (Wildman–Crippen MR) is 109 cm³/mol. The van der Waals surface area contributed by atoms with Crippen LogP contribution in [0.2, 0.25) is 0 Å². The molecule has 2 atom stereocenters. The number of nitrogens with one attached hydrogen (secondary N) is 1. The fourth-order valence-electron chi connectivity index (χ4n) is 4.41. The number of nitrogen functional groups attached to an aromatic ring is 1. The van der Waals surface area contributed by atoms with Gasteiger partial charge in [0.2, 0.25) is 5.88 Å². The molecule has 6 heteroatoms. The van der Waals surface area contributed by atoms with Crippen LogP contribution < -0.4 is 15.8 Å². The van der Waals surface area contributed by atoms with E-state index in [1.165, 1.54) is 32.1 Å². The Morgan fingerprint density at radius 1 is 1.04 bits per heavy atom. The van der Waals surface area contributed by atoms with Gasteiger partial charge in [0, 0.05) is 30.0 Å². The maximum atomic E-state index is 5.69. The molecule has 1 aromatic carbocycles. The van der Waals surface area contributed by atoms with E-state index in [4.69, 9.17) is 10.5 Å². The highest BCUT2D eigenvalue weighted by Crippen LogP contribution is 2.37. The van der Waals surface area contributed by atoms with E-state index >= 15 is 0 Å². The van der Waals surface area contributed by atoms with Gasteiger partial charge in [-0.1, -0.05) is 12.5 Å². The number of fused-ring (bicyclic) bond motifs is 5. The largest absolute Gasteiger partial charge is 0.472 e. The van der Waals surface area contributed by atoms with Crippen LogP contribution in [0.5, 0.6) is 5.88 Å². The number of rotatable bonds is 1. The second-order valence-corrected chi connectivity index (χ2v) is 7.74. The van der Waals surface area contributed by atoms with Gasteiger partial charge in [-0.25, -0.2) is 4.68 Å². The molecule has 2 bridgehead atoms. The van der Waals surface area contributed by atoms with E-state index in [0.29, 0.717) is 18.3 Å². The number of ether oxygens (including phenoxy) is 1. The molecule has 0 saturated carbocycles. The summed E-state index contributed by atoms with van der Waals surface area (Å²) in [7, 11) is 0. The minimum absolute atomic E-state index is 0.473. The van der Waals surface area contributed by atoms with Gasteiger partial charge in [-0.3, -0.25) is 0 Å². The Hall–Kier alpha value is -2.86. The normalized spacial score (nSPS) is 21.7. The quantitative estimate of drug-likeness (QED) is 0.678. The number of hydrogen-bond acceptors (Lipinski definition) is 5. The summed E-state index contributed by atoms with van der Waals surface area (Å²) >= 11 is 0. The van der Waals surface area contributed by atoms with Crippen molar-refractivity contribution in [2.75, 3.05) is 5.73 Å². The third-order valence-corrected chi connectivity index (χ3v) is 5.83. The summed E-state index contributed by atoms with van der Waals surface area (Å²) in [6.07, 6.45) is 10.9. The highest BCUT2D eigenvalue weighted by Gasteiger charge is 2.26. The highest BCUT2D eigenvalue weighted by molar-refractivity contribution is 5.75. The van der Waals surface area contributed by atoms with Crippen molar-refractivity contribution in [2.45, 2.75) is 50.8 Å². The number of nitrogens with zero attached hydrogens (tertiary/aromatic N) is 3. The number of benzene rings is 1. The minimum Gasteiger partial charge on any atom is -0.472 e. The molecule has 2 fully saturated rings. The Kier molecular flexibility index (Phi) is 4.49. The van der Waals surface area contributed by atoms with E-state index in [2.05, 4.69) is 27.5 Å². The monoisotopic (exact) mass is 375 g/mol. The van der Waals surface area contributed by atoms with Crippen molar-refractivity contribution in [2.24, 2.45) is 0 Å². The molecule has 3 N–H and O–H groups in total. The molecule has 2 saturated heterocycles. The smallest absolute Gasteiger partial charge is 0.223 e. The molecule has 0 spiro atoms. The molecule has 2 aromatic heterocycles. The number of aromatic nitrogens is 3. The number of pyridine rings is 1. The van der Waals surface area contributed by atoms with E-state index in [1.807, 2.05) is 29.1 Å². The number of hydrogen-bond donors (Lipinski definition) is 2. The minimum atomic E-state index is 0.473. The predicted octanol–water partition coefficient (Wildman–Crippen LogP) is 3.70. The van der Waals surface area contributed by atoms with Gasteiger partial charge < -0.3 is 15.8 Å². The van der Waals surface area contributed by atoms with Gasteiger partial charge in [0.1, 0.15) is 12.4 Å². The van der Waals surface area contributed by atoms with Crippen LogP contribution in [0.4, 0.5) is 5.82 Å². The van der Waals surface area contributed by atoms with E-state index in [0.717, 1.165) is 34.5 Å². The summed E-state index contributed by atoms with van der Waals surface area (Å²) in [6, 6.07) is 13.7. The average Bonchev–Trinajstić information content (AvgIpc) is 3.37. The van der Waals surface area contributed by atoms with Crippen LogP contribution in [-0.2, 0) is 6.61 Å². The molecule has 6 nitrogen and oxygen atoms in total. The van der Waals surface area contributed by atoms with Crippen LogP contribution in [0.3, 0.4) is 0 Å². The van der Waals surface area contributed by atoms with Gasteiger partial charge >= 0.3 is 0 Å². The maximum absolute atomic E-state index is 5.69. The van der Waals surface area contributed by atoms with Crippen molar-refractivity contribution in [1.29, 1.82) is 0 Å². The zero-order valence-electron chi connectivity index (χ0n) is 15.8. The van der Waals surface area contributed by atoms with E-state index in [9.17, 15) is 0 Å². The lowest BCUT2D eigenvalue weighted by Crippen LogP contribution is -2.33. The number of piperidine rings is 1. The first-order valence-electron chi connectivity index (χ1n) is 10.0. The Bertz CT molecular complexity index is 955. The fourth-order valence-corrected chi connectivity index (χ4v) is 4.41. The van der Waals surface area contributed by atoms with Crippen LogP contribution in [0, 0.1) is 0 Å². The molecule has 5 heterocycles. The molecule has 0 amide bonds. The van der Waals surface area contributed by atoms with Gasteiger partial charge in [0.25, 0.3) is 0 Å². The summed E-state index contributed by atoms with van der Waals surface area (Å²) < 4.78 is 7.51. The zero-order chi connectivity index (χ0) is 18.9. The van der Waals surface area contributed by atoms with Gasteiger partial charge in [-0.15, -0.1) is 0 Å².